The van der Waals surface area contributed by atoms with Gasteiger partial charge >= 0.3 is 0 Å². The van der Waals surface area contributed by atoms with E-state index in [1.54, 1.807) is 13.2 Å². The molecule has 0 bridgehead atoms. The zero-order valence-corrected chi connectivity index (χ0v) is 11.5. The van der Waals surface area contributed by atoms with E-state index < -0.39 is 0 Å². The molecule has 0 spiro atoms. The molecule has 0 radical (unpaired) electrons. The molecule has 102 valence electrons. The number of hydrogen-bond donors (Lipinski definition) is 1. The lowest BCUT2D eigenvalue weighted by Crippen LogP contribution is -2.25. The average molecular weight is 254 g/mol. The van der Waals surface area contributed by atoms with E-state index in [-0.39, 0.29) is 5.82 Å². The molecule has 1 aromatic carbocycles. The van der Waals surface area contributed by atoms with Gasteiger partial charge < -0.3 is 15.0 Å². The van der Waals surface area contributed by atoms with Crippen LogP contribution in [0.3, 0.4) is 0 Å². The summed E-state index contributed by atoms with van der Waals surface area (Å²) in [5, 5.41) is 3.31. The van der Waals surface area contributed by atoms with E-state index >= 15 is 0 Å². The molecule has 0 aliphatic rings. The van der Waals surface area contributed by atoms with Crippen LogP contribution >= 0.6 is 0 Å². The fraction of sp³-hybridized carbons (Fsp3) is 0.571. The highest BCUT2D eigenvalue weighted by Crippen LogP contribution is 2.23. The molecular weight excluding hydrogens is 231 g/mol. The van der Waals surface area contributed by atoms with Gasteiger partial charge in [0.2, 0.25) is 0 Å². The number of nitrogens with zero attached hydrogens (tertiary/aromatic N) is 1. The van der Waals surface area contributed by atoms with Gasteiger partial charge in [-0.05, 0) is 24.6 Å². The van der Waals surface area contributed by atoms with Gasteiger partial charge in [0.25, 0.3) is 0 Å². The lowest BCUT2D eigenvalue weighted by Gasteiger charge is -2.23. The highest BCUT2D eigenvalue weighted by molar-refractivity contribution is 5.54. The summed E-state index contributed by atoms with van der Waals surface area (Å²) in [5.41, 5.74) is 1.65. The van der Waals surface area contributed by atoms with Gasteiger partial charge in [-0.25, -0.2) is 4.39 Å². The van der Waals surface area contributed by atoms with Gasteiger partial charge in [0.1, 0.15) is 5.82 Å². The number of likely N-dealkylation sites (N-methyl/N-ethyl adjacent to an activating group) is 1. The number of methoxy groups -OCH3 is 1. The van der Waals surface area contributed by atoms with Crippen molar-refractivity contribution in [1.82, 2.24) is 5.32 Å². The summed E-state index contributed by atoms with van der Waals surface area (Å²) in [6.07, 6.45) is 1.07. The van der Waals surface area contributed by atoms with Gasteiger partial charge in [-0.2, -0.15) is 0 Å². The Labute approximate surface area is 109 Å². The smallest absolute Gasteiger partial charge is 0.146 e. The van der Waals surface area contributed by atoms with Crippen molar-refractivity contribution in [2.45, 2.75) is 19.9 Å². The maximum Gasteiger partial charge on any atom is 0.146 e. The fourth-order valence-corrected chi connectivity index (χ4v) is 1.87. The molecule has 4 heteroatoms. The predicted octanol–water partition coefficient (Wildman–Crippen LogP) is 2.41. The Bertz CT molecular complexity index is 358. The summed E-state index contributed by atoms with van der Waals surface area (Å²) in [4.78, 5) is 1.90. The first kappa shape index (κ1) is 14.9. The van der Waals surface area contributed by atoms with Crippen molar-refractivity contribution < 1.29 is 9.13 Å². The summed E-state index contributed by atoms with van der Waals surface area (Å²) >= 11 is 0. The van der Waals surface area contributed by atoms with Crippen molar-refractivity contribution in [2.75, 3.05) is 38.8 Å². The lowest BCUT2D eigenvalue weighted by atomic mass is 10.1. The van der Waals surface area contributed by atoms with Crippen LogP contribution in [-0.2, 0) is 11.3 Å². The van der Waals surface area contributed by atoms with Crippen molar-refractivity contribution in [1.29, 1.82) is 0 Å². The first-order valence-electron chi connectivity index (χ1n) is 6.38. The van der Waals surface area contributed by atoms with Crippen LogP contribution in [0.4, 0.5) is 10.1 Å². The Hall–Kier alpha value is -1.13. The van der Waals surface area contributed by atoms with Crippen LogP contribution in [0.1, 0.15) is 18.9 Å². The molecule has 18 heavy (non-hydrogen) atoms. The van der Waals surface area contributed by atoms with E-state index in [4.69, 9.17) is 4.74 Å². The maximum absolute atomic E-state index is 13.9. The Kier molecular flexibility index (Phi) is 6.68. The largest absolute Gasteiger partial charge is 0.383 e. The zero-order chi connectivity index (χ0) is 13.4. The minimum absolute atomic E-state index is 0.176. The minimum atomic E-state index is -0.176. The molecule has 0 heterocycles. The van der Waals surface area contributed by atoms with Crippen LogP contribution < -0.4 is 10.2 Å². The lowest BCUT2D eigenvalue weighted by molar-refractivity contribution is 0.206. The topological polar surface area (TPSA) is 24.5 Å². The van der Waals surface area contributed by atoms with Crippen LogP contribution in [0.5, 0.6) is 0 Å². The number of halogens is 1. The number of rotatable bonds is 8. The van der Waals surface area contributed by atoms with Crippen LogP contribution in [0.2, 0.25) is 0 Å². The summed E-state index contributed by atoms with van der Waals surface area (Å²) in [6.45, 7) is 5.02. The number of nitrogens with one attached hydrogen (secondary N) is 1. The molecule has 0 saturated heterocycles. The highest BCUT2D eigenvalue weighted by Gasteiger charge is 2.12. The zero-order valence-electron chi connectivity index (χ0n) is 11.5. The molecule has 0 amide bonds. The Morgan fingerprint density at radius 1 is 1.39 bits per heavy atom. The summed E-state index contributed by atoms with van der Waals surface area (Å²) in [6, 6.07) is 5.22. The second kappa shape index (κ2) is 8.06. The highest BCUT2D eigenvalue weighted by atomic mass is 19.1. The van der Waals surface area contributed by atoms with E-state index in [0.717, 1.165) is 18.5 Å². The third kappa shape index (κ3) is 4.27. The quantitative estimate of drug-likeness (QED) is 0.721. The van der Waals surface area contributed by atoms with Gasteiger partial charge in [0.05, 0.1) is 12.3 Å². The molecule has 0 aliphatic heterocycles. The van der Waals surface area contributed by atoms with E-state index in [9.17, 15) is 4.39 Å². The number of para-hydroxylation sites is 1. The molecule has 0 unspecified atom stereocenters. The molecule has 0 aromatic heterocycles. The van der Waals surface area contributed by atoms with Crippen LogP contribution in [0, 0.1) is 5.82 Å². The molecule has 0 aliphatic carbocycles. The summed E-state index contributed by atoms with van der Waals surface area (Å²) in [7, 11) is 3.54. The molecule has 0 saturated carbocycles. The number of anilines is 1. The van der Waals surface area contributed by atoms with Crippen molar-refractivity contribution in [2.24, 2.45) is 0 Å². The first-order valence-corrected chi connectivity index (χ1v) is 6.38. The van der Waals surface area contributed by atoms with Gasteiger partial charge in [-0.3, -0.25) is 0 Å². The van der Waals surface area contributed by atoms with Crippen molar-refractivity contribution in [3.05, 3.63) is 29.6 Å². The van der Waals surface area contributed by atoms with Crippen molar-refractivity contribution in [3.63, 3.8) is 0 Å². The third-order valence-corrected chi connectivity index (χ3v) is 2.83. The van der Waals surface area contributed by atoms with Gasteiger partial charge in [-0.1, -0.05) is 19.1 Å². The van der Waals surface area contributed by atoms with E-state index in [2.05, 4.69) is 12.2 Å². The minimum Gasteiger partial charge on any atom is -0.383 e. The van der Waals surface area contributed by atoms with Gasteiger partial charge in [0, 0.05) is 27.2 Å². The van der Waals surface area contributed by atoms with Crippen LogP contribution in [0.15, 0.2) is 18.2 Å². The van der Waals surface area contributed by atoms with Crippen molar-refractivity contribution >= 4 is 5.69 Å². The average Bonchev–Trinajstić information content (AvgIpc) is 2.36. The Balaban J connectivity index is 2.79. The van der Waals surface area contributed by atoms with Gasteiger partial charge in [0.15, 0.2) is 0 Å². The summed E-state index contributed by atoms with van der Waals surface area (Å²) < 4.78 is 19.0. The number of ether oxygens (including phenoxy) is 1. The van der Waals surface area contributed by atoms with Gasteiger partial charge in [-0.15, -0.1) is 0 Å². The third-order valence-electron chi connectivity index (χ3n) is 2.83. The molecule has 1 N–H and O–H groups in total. The Morgan fingerprint density at radius 3 is 2.83 bits per heavy atom. The molecule has 1 aromatic rings. The molecular formula is C14H23FN2O. The fourth-order valence-electron chi connectivity index (χ4n) is 1.87. The molecule has 0 fully saturated rings. The SMILES string of the molecule is CCCNCc1cccc(F)c1N(C)CCOC. The van der Waals surface area contributed by atoms with Crippen LogP contribution in [-0.4, -0.2) is 33.9 Å². The number of hydrogen-bond acceptors (Lipinski definition) is 3. The van der Waals surface area contributed by atoms with Crippen molar-refractivity contribution in [3.8, 4) is 0 Å². The van der Waals surface area contributed by atoms with E-state index in [1.165, 1.54) is 6.07 Å². The normalized spacial score (nSPS) is 10.7. The molecule has 3 nitrogen and oxygen atoms in total. The second-order valence-corrected chi connectivity index (χ2v) is 4.34. The maximum atomic E-state index is 13.9. The second-order valence-electron chi connectivity index (χ2n) is 4.34. The summed E-state index contributed by atoms with van der Waals surface area (Å²) in [5.74, 6) is -0.176. The van der Waals surface area contributed by atoms with E-state index in [0.29, 0.717) is 25.4 Å². The molecule has 0 atom stereocenters. The molecule has 1 rings (SSSR count). The predicted molar refractivity (Wildman–Crippen MR) is 73.5 cm³/mol. The number of benzene rings is 1. The van der Waals surface area contributed by atoms with Crippen LogP contribution in [0.25, 0.3) is 0 Å². The van der Waals surface area contributed by atoms with E-state index in [1.807, 2.05) is 18.0 Å². The monoisotopic (exact) mass is 254 g/mol. The Morgan fingerprint density at radius 2 is 2.17 bits per heavy atom. The standard InChI is InChI=1S/C14H23FN2O/c1-4-8-16-11-12-6-5-7-13(15)14(12)17(2)9-10-18-3/h5-7,16H,4,8-11H2,1-3H3. The first-order chi connectivity index (χ1) is 8.70.